The van der Waals surface area contributed by atoms with Gasteiger partial charge in [-0.2, -0.15) is 0 Å². The van der Waals surface area contributed by atoms with Gasteiger partial charge in [0.1, 0.15) is 22.3 Å². The van der Waals surface area contributed by atoms with Crippen molar-refractivity contribution in [2.24, 2.45) is 0 Å². The first kappa shape index (κ1) is 20.9. The summed E-state index contributed by atoms with van der Waals surface area (Å²) in [5, 5.41) is -11.1. The predicted molar refractivity (Wildman–Crippen MR) is 383 cm³/mol. The standard InChI is InChI=1S/C46H28O.C42H26O/c1-2-13-35-29(10-1)20-21-32-26-31(22-24-36(32)35)30-11-9-12-33(27-30)45-38-15-3-5-17-40(38)46(41-18-6-4-16-39(41)45)34-23-25-44-42(28-34)37-14-7-8-19-43(37)47-44;1-2-11-28-24-30(21-20-27(28)10-1)29-12-9-13-31(25-29)41-34-15-3-5-17-36(34)42(37-18-6-4-16-35(37)41)32-22-23-40-38(26-32)33-14-7-8-19-39(33)43-40/h1-28H;1-26H/i1D,2D,3D,4D,5D,6D,7D,8D,9D,10D,11D,12D,13D,14D,15D,16D,17D,18D,19D,20D,21D,22D,23D,24D,25D,26D,27D,28D;1D,2D,3D,4D,5D,6D,7D,8D,9D,10D,11D,12D,13D,14D,15D,16D,17D,18D,19D,20D,21D,22D,23D,24D,25D,26D. The number of para-hydroxylation sites is 2. The molecule has 0 atom stereocenters. The Kier molecular flexibility index (Phi) is 4.87. The van der Waals surface area contributed by atoms with Crippen molar-refractivity contribution in [3.63, 3.8) is 0 Å². The van der Waals surface area contributed by atoms with Gasteiger partial charge >= 0.3 is 0 Å². The van der Waals surface area contributed by atoms with Gasteiger partial charge < -0.3 is 8.83 Å². The molecule has 2 nitrogen and oxygen atoms in total. The lowest BCUT2D eigenvalue weighted by atomic mass is 9.85. The quantitative estimate of drug-likeness (QED) is 0.123. The Balaban J connectivity index is 0.000000190. The largest absolute Gasteiger partial charge is 0.456 e. The number of hydrogen-bond donors (Lipinski definition) is 0. The summed E-state index contributed by atoms with van der Waals surface area (Å²) < 4.78 is 496. The average Bonchev–Trinajstić information content (AvgIpc) is 0.734. The monoisotopic (exact) mass is 1200 g/mol. The second kappa shape index (κ2) is 21.0. The van der Waals surface area contributed by atoms with Crippen molar-refractivity contribution in [2.45, 2.75) is 0 Å². The van der Waals surface area contributed by atoms with E-state index in [4.69, 9.17) is 55.4 Å². The third kappa shape index (κ3) is 8.49. The Morgan fingerprint density at radius 2 is 0.444 bits per heavy atom. The maximum atomic E-state index is 9.86. The van der Waals surface area contributed by atoms with E-state index >= 15 is 0 Å². The molecule has 418 valence electrons. The lowest BCUT2D eigenvalue weighted by Crippen LogP contribution is -1.91. The highest BCUT2D eigenvalue weighted by atomic mass is 16.3. The van der Waals surface area contributed by atoms with Crippen LogP contribution in [0.25, 0.3) is 186 Å². The molecule has 0 radical (unpaired) electrons. The number of benzene rings is 17. The van der Waals surface area contributed by atoms with Crippen LogP contribution in [0.15, 0.2) is 335 Å². The fourth-order valence-corrected chi connectivity index (χ4v) is 10.7. The van der Waals surface area contributed by atoms with E-state index in [1.165, 1.54) is 0 Å². The van der Waals surface area contributed by atoms with Crippen molar-refractivity contribution in [3.05, 3.63) is 326 Å². The van der Waals surface area contributed by atoms with Crippen LogP contribution in [0.5, 0.6) is 0 Å². The molecule has 2 heteroatoms. The van der Waals surface area contributed by atoms with Gasteiger partial charge in [-0.15, -0.1) is 0 Å². The highest BCUT2D eigenvalue weighted by Gasteiger charge is 2.21. The summed E-state index contributed by atoms with van der Waals surface area (Å²) in [5.74, 6) is 0. The molecule has 0 fully saturated rings. The third-order valence-corrected chi connectivity index (χ3v) is 14.6. The number of rotatable bonds is 6. The van der Waals surface area contributed by atoms with Crippen LogP contribution in [-0.2, 0) is 0 Å². The molecule has 0 aliphatic heterocycles. The van der Waals surface area contributed by atoms with Crippen molar-refractivity contribution in [2.75, 3.05) is 0 Å². The van der Waals surface area contributed by atoms with E-state index in [0.29, 0.717) is 0 Å². The van der Waals surface area contributed by atoms with E-state index < -0.39 is 512 Å². The Hall–Kier alpha value is -11.8. The van der Waals surface area contributed by atoms with Crippen molar-refractivity contribution in [3.8, 4) is 66.8 Å². The zero-order valence-corrected chi connectivity index (χ0v) is 44.8. The van der Waals surface area contributed by atoms with Crippen molar-refractivity contribution in [1.29, 1.82) is 0 Å². The zero-order valence-electron chi connectivity index (χ0n) is 98.8. The minimum absolute atomic E-state index is 0.420. The minimum Gasteiger partial charge on any atom is -0.456 e. The topological polar surface area (TPSA) is 26.3 Å². The molecular formula is C88H54O2. The highest BCUT2D eigenvalue weighted by Crippen LogP contribution is 2.48. The van der Waals surface area contributed by atoms with E-state index in [9.17, 15) is 27.4 Å². The van der Waals surface area contributed by atoms with E-state index in [-0.39, 0.29) is 0 Å². The van der Waals surface area contributed by atoms with Crippen molar-refractivity contribution < 1.29 is 82.9 Å². The van der Waals surface area contributed by atoms with E-state index in [0.717, 1.165) is 0 Å². The van der Waals surface area contributed by atoms with Crippen LogP contribution in [0.3, 0.4) is 0 Å². The number of fused-ring (bicyclic) bond motifs is 14. The van der Waals surface area contributed by atoms with Gasteiger partial charge in [-0.05, 0) is 203 Å². The smallest absolute Gasteiger partial charge is 0.135 e. The molecule has 2 aromatic heterocycles. The van der Waals surface area contributed by atoms with Gasteiger partial charge in [0.25, 0.3) is 0 Å². The first-order chi connectivity index (χ1) is 67.1. The summed E-state index contributed by atoms with van der Waals surface area (Å²) in [6, 6.07) is -49.4. The molecule has 0 aliphatic carbocycles. The lowest BCUT2D eigenvalue weighted by molar-refractivity contribution is 0.668. The second-order valence-corrected chi connectivity index (χ2v) is 19.5. The summed E-state index contributed by atoms with van der Waals surface area (Å²) in [5.41, 5.74) is -11.8. The van der Waals surface area contributed by atoms with E-state index in [1.807, 2.05) is 0 Å². The van der Waals surface area contributed by atoms with Crippen LogP contribution >= 0.6 is 0 Å². The van der Waals surface area contributed by atoms with Crippen molar-refractivity contribution in [1.82, 2.24) is 0 Å². The number of furan rings is 2. The molecule has 0 amide bonds. The van der Waals surface area contributed by atoms with E-state index in [2.05, 4.69) is 0 Å². The Morgan fingerprint density at radius 1 is 0.156 bits per heavy atom. The molecule has 0 aliphatic rings. The fraction of sp³-hybridized carbons (Fsp3) is 0. The lowest BCUT2D eigenvalue weighted by Gasteiger charge is -2.18. The number of hydrogen-bond acceptors (Lipinski definition) is 2. The highest BCUT2D eigenvalue weighted by molar-refractivity contribution is 6.24. The maximum Gasteiger partial charge on any atom is 0.135 e. The Labute approximate surface area is 595 Å². The Morgan fingerprint density at radius 3 is 0.911 bits per heavy atom. The van der Waals surface area contributed by atoms with Crippen LogP contribution in [0.4, 0.5) is 0 Å². The van der Waals surface area contributed by atoms with Crippen LogP contribution in [0.1, 0.15) is 74.0 Å². The molecule has 90 heavy (non-hydrogen) atoms. The van der Waals surface area contributed by atoms with Crippen LogP contribution in [0.2, 0.25) is 0 Å². The zero-order chi connectivity index (χ0) is 106. The molecule has 17 aromatic carbocycles. The molecule has 0 spiro atoms. The third-order valence-electron chi connectivity index (χ3n) is 14.6. The van der Waals surface area contributed by atoms with Crippen molar-refractivity contribution >= 4 is 119 Å². The second-order valence-electron chi connectivity index (χ2n) is 19.5. The minimum atomic E-state index is -1.10. The molecule has 0 bridgehead atoms. The summed E-state index contributed by atoms with van der Waals surface area (Å²) in [6.07, 6.45) is 0. The van der Waals surface area contributed by atoms with Gasteiger partial charge in [0, 0.05) is 21.5 Å². The summed E-state index contributed by atoms with van der Waals surface area (Å²) in [7, 11) is 0. The van der Waals surface area contributed by atoms with Gasteiger partial charge in [0.05, 0.1) is 74.0 Å². The molecule has 19 rings (SSSR count). The predicted octanol–water partition coefficient (Wildman–Crippen LogP) is 25.2. The van der Waals surface area contributed by atoms with Gasteiger partial charge in [-0.1, -0.05) is 266 Å². The van der Waals surface area contributed by atoms with Crippen LogP contribution in [0, 0.1) is 0 Å². The van der Waals surface area contributed by atoms with Gasteiger partial charge in [-0.25, -0.2) is 0 Å². The molecular weight excluding hydrogens is 1090 g/mol. The average molecular weight is 1200 g/mol. The van der Waals surface area contributed by atoms with E-state index in [1.54, 1.807) is 0 Å². The van der Waals surface area contributed by atoms with Crippen LogP contribution in [-0.4, -0.2) is 0 Å². The molecule has 2 heterocycles. The first-order valence-electron chi connectivity index (χ1n) is 53.6. The van der Waals surface area contributed by atoms with Gasteiger partial charge in [0.2, 0.25) is 0 Å². The molecule has 0 saturated heterocycles. The first-order valence-corrected chi connectivity index (χ1v) is 26.6. The SMILES string of the molecule is [2H]c1c([2H])c(-c2c([2H])c([2H])c3c([2H])c([2H])c([2H])c([2H])c3c2[2H])c([2H])c(-c2c3c([2H])c([2H])c([2H])c([2H])c3c(-c3c([2H])c([2H])c4oc5c([2H])c([2H])c([2H])c([2H])c5c4c3[2H])c3c([2H])c([2H])c([2H])c([2H])c23)c1[2H].[2H]c1c([2H])c(-c2c([2H])c([2H])c3c(c2[2H])c([2H])c([2H])c2c([2H])c([2H])c([2H])c([2H])c23)c([2H])c(-c2c3c([2H])c([2H])c([2H])c([2H])c3c(-c3c([2H])c([2H])c4oc5c([2H])c([2H])c([2H])c([2H])c5c4c3[2H])c3c([2H])c([2H])c([2H])c([2H])c23)c1[2H]. The molecule has 19 aromatic rings. The fourth-order valence-electron chi connectivity index (χ4n) is 10.7. The molecule has 0 N–H and O–H groups in total. The summed E-state index contributed by atoms with van der Waals surface area (Å²) in [4.78, 5) is 0. The molecule has 0 unspecified atom stereocenters. The van der Waals surface area contributed by atoms with Gasteiger partial charge in [-0.3, -0.25) is 0 Å². The maximum absolute atomic E-state index is 9.86. The van der Waals surface area contributed by atoms with Crippen LogP contribution < -0.4 is 0 Å². The van der Waals surface area contributed by atoms with Gasteiger partial charge in [0.15, 0.2) is 0 Å². The summed E-state index contributed by atoms with van der Waals surface area (Å²) >= 11 is 0. The Bertz CT molecular complexity index is 9320. The molecule has 0 saturated carbocycles. The summed E-state index contributed by atoms with van der Waals surface area (Å²) in [6.45, 7) is 0. The normalized spacial score (nSPS) is 20.2.